The van der Waals surface area contributed by atoms with Crippen LogP contribution in [0.2, 0.25) is 0 Å². The molecule has 3 heterocycles. The summed E-state index contributed by atoms with van der Waals surface area (Å²) in [7, 11) is 4.11. The van der Waals surface area contributed by atoms with E-state index in [4.69, 9.17) is 0 Å². The van der Waals surface area contributed by atoms with Gasteiger partial charge in [-0.2, -0.15) is 0 Å². The number of piperidine rings is 1. The Labute approximate surface area is 207 Å². The molecule has 2 aliphatic heterocycles. The van der Waals surface area contributed by atoms with Crippen molar-refractivity contribution in [2.45, 2.75) is 25.4 Å². The van der Waals surface area contributed by atoms with Crippen LogP contribution in [-0.2, 0) is 6.54 Å². The number of nitrogens with zero attached hydrogens (tertiary/aromatic N) is 3. The zero-order valence-electron chi connectivity index (χ0n) is 18.5. The molecule has 2 aromatic rings. The maximum Gasteiger partial charge on any atom is 0.191 e. The monoisotopic (exact) mass is 551 g/mol. The van der Waals surface area contributed by atoms with Crippen LogP contribution < -0.4 is 15.5 Å². The molecule has 7 heteroatoms. The summed E-state index contributed by atoms with van der Waals surface area (Å²) in [6, 6.07) is 13.8. The molecule has 1 saturated heterocycles. The van der Waals surface area contributed by atoms with Gasteiger partial charge in [0.2, 0.25) is 0 Å². The van der Waals surface area contributed by atoms with E-state index < -0.39 is 0 Å². The van der Waals surface area contributed by atoms with Gasteiger partial charge in [0.05, 0.1) is 0 Å². The van der Waals surface area contributed by atoms with E-state index in [2.05, 4.69) is 86.4 Å². The van der Waals surface area contributed by atoms with Gasteiger partial charge in [0.1, 0.15) is 0 Å². The van der Waals surface area contributed by atoms with Gasteiger partial charge in [0.25, 0.3) is 0 Å². The Morgan fingerprint density at radius 1 is 1.13 bits per heavy atom. The topological polar surface area (TPSA) is 42.9 Å². The summed E-state index contributed by atoms with van der Waals surface area (Å²) in [4.78, 5) is 10.8. The molecule has 0 spiro atoms. The highest BCUT2D eigenvalue weighted by molar-refractivity contribution is 14.0. The number of hydrogen-bond acceptors (Lipinski definition) is 4. The van der Waals surface area contributed by atoms with Crippen LogP contribution >= 0.6 is 35.3 Å². The van der Waals surface area contributed by atoms with Crippen LogP contribution in [0.15, 0.2) is 58.9 Å². The Hall–Kier alpha value is -1.58. The Kier molecular flexibility index (Phi) is 9.22. The van der Waals surface area contributed by atoms with Gasteiger partial charge in [-0.05, 0) is 61.5 Å². The van der Waals surface area contributed by atoms with Gasteiger partial charge in [0, 0.05) is 49.8 Å². The minimum atomic E-state index is 0. The summed E-state index contributed by atoms with van der Waals surface area (Å²) in [5.74, 6) is 1.47. The van der Waals surface area contributed by atoms with E-state index in [0.29, 0.717) is 12.0 Å². The molecule has 1 aromatic heterocycles. The molecule has 0 saturated carbocycles. The number of likely N-dealkylation sites (tertiary alicyclic amines) is 1. The SMILES string of the molecule is CN=C(NCc1ccc(N2CC=CC2)cc1)NCC1CCCN(C)C1c1cccs1.I. The normalized spacial score (nSPS) is 21.7. The van der Waals surface area contributed by atoms with Crippen LogP contribution in [0.25, 0.3) is 0 Å². The van der Waals surface area contributed by atoms with Crippen molar-refractivity contribution >= 4 is 47.0 Å². The van der Waals surface area contributed by atoms with Crippen molar-refractivity contribution in [3.05, 3.63) is 64.4 Å². The maximum absolute atomic E-state index is 4.44. The van der Waals surface area contributed by atoms with Crippen molar-refractivity contribution in [3.63, 3.8) is 0 Å². The molecule has 1 aromatic carbocycles. The average molecular weight is 552 g/mol. The summed E-state index contributed by atoms with van der Waals surface area (Å²) in [5, 5.41) is 9.24. The minimum absolute atomic E-state index is 0. The number of nitrogens with one attached hydrogen (secondary N) is 2. The van der Waals surface area contributed by atoms with E-state index in [1.54, 1.807) is 0 Å². The number of guanidine groups is 1. The van der Waals surface area contributed by atoms with Crippen molar-refractivity contribution in [1.82, 2.24) is 15.5 Å². The van der Waals surface area contributed by atoms with Gasteiger partial charge in [-0.1, -0.05) is 30.4 Å². The predicted molar refractivity (Wildman–Crippen MR) is 144 cm³/mol. The number of halogens is 1. The number of rotatable bonds is 6. The quantitative estimate of drug-likeness (QED) is 0.241. The molecule has 2 N–H and O–H groups in total. The van der Waals surface area contributed by atoms with E-state index in [-0.39, 0.29) is 24.0 Å². The molecule has 0 aliphatic carbocycles. The van der Waals surface area contributed by atoms with Crippen LogP contribution in [0.3, 0.4) is 0 Å². The van der Waals surface area contributed by atoms with E-state index in [9.17, 15) is 0 Å². The number of anilines is 1. The van der Waals surface area contributed by atoms with Gasteiger partial charge in [-0.3, -0.25) is 9.89 Å². The third-order valence-corrected chi connectivity index (χ3v) is 7.12. The third kappa shape index (κ3) is 6.23. The zero-order valence-corrected chi connectivity index (χ0v) is 21.6. The molecule has 0 amide bonds. The lowest BCUT2D eigenvalue weighted by Gasteiger charge is -2.39. The third-order valence-electron chi connectivity index (χ3n) is 6.18. The van der Waals surface area contributed by atoms with E-state index in [1.807, 2.05) is 18.4 Å². The van der Waals surface area contributed by atoms with Gasteiger partial charge < -0.3 is 15.5 Å². The minimum Gasteiger partial charge on any atom is -0.364 e. The van der Waals surface area contributed by atoms with Crippen LogP contribution in [0, 0.1) is 5.92 Å². The van der Waals surface area contributed by atoms with Gasteiger partial charge in [0.15, 0.2) is 5.96 Å². The second-order valence-corrected chi connectivity index (χ2v) is 9.17. The van der Waals surface area contributed by atoms with E-state index >= 15 is 0 Å². The van der Waals surface area contributed by atoms with Crippen LogP contribution in [0.4, 0.5) is 5.69 Å². The Bertz CT molecular complexity index is 841. The Morgan fingerprint density at radius 3 is 2.58 bits per heavy atom. The highest BCUT2D eigenvalue weighted by Gasteiger charge is 2.31. The lowest BCUT2D eigenvalue weighted by atomic mass is 9.88. The van der Waals surface area contributed by atoms with Crippen LogP contribution in [-0.4, -0.2) is 51.1 Å². The van der Waals surface area contributed by atoms with Crippen LogP contribution in [0.1, 0.15) is 29.3 Å². The molecular weight excluding hydrogens is 517 g/mol. The number of benzene rings is 1. The molecule has 4 rings (SSSR count). The largest absolute Gasteiger partial charge is 0.364 e. The van der Waals surface area contributed by atoms with Crippen molar-refractivity contribution in [2.75, 3.05) is 45.2 Å². The fourth-order valence-corrected chi connectivity index (χ4v) is 5.51. The lowest BCUT2D eigenvalue weighted by Crippen LogP contribution is -2.44. The summed E-state index contributed by atoms with van der Waals surface area (Å²) in [6.07, 6.45) is 6.95. The summed E-state index contributed by atoms with van der Waals surface area (Å²) < 4.78 is 0. The molecule has 168 valence electrons. The Balaban J connectivity index is 0.00000272. The molecule has 5 nitrogen and oxygen atoms in total. The fourth-order valence-electron chi connectivity index (χ4n) is 4.53. The van der Waals surface area contributed by atoms with Crippen molar-refractivity contribution in [1.29, 1.82) is 0 Å². The number of hydrogen-bond donors (Lipinski definition) is 2. The molecular formula is C24H34IN5S. The second-order valence-electron chi connectivity index (χ2n) is 8.19. The van der Waals surface area contributed by atoms with Gasteiger partial charge in [-0.25, -0.2) is 0 Å². The standard InChI is InChI=1S/C24H33N5S.HI/c1-25-24(26-17-19-9-11-21(12-10-19)29-14-3-4-15-29)27-18-20-7-5-13-28(2)23(20)22-8-6-16-30-22;/h3-4,6,8-12,16,20,23H,5,7,13-15,17-18H2,1-2H3,(H2,25,26,27);1H. The maximum atomic E-state index is 4.44. The number of thiophene rings is 1. The first-order chi connectivity index (χ1) is 14.7. The van der Waals surface area contributed by atoms with E-state index in [0.717, 1.165) is 32.1 Å². The van der Waals surface area contributed by atoms with Crippen molar-refractivity contribution < 1.29 is 0 Å². The first-order valence-corrected chi connectivity index (χ1v) is 11.8. The molecule has 1 fully saturated rings. The lowest BCUT2D eigenvalue weighted by molar-refractivity contribution is 0.125. The van der Waals surface area contributed by atoms with Gasteiger partial charge in [-0.15, -0.1) is 35.3 Å². The van der Waals surface area contributed by atoms with Crippen LogP contribution in [0.5, 0.6) is 0 Å². The summed E-state index contributed by atoms with van der Waals surface area (Å²) in [6.45, 7) is 4.91. The summed E-state index contributed by atoms with van der Waals surface area (Å²) >= 11 is 1.87. The summed E-state index contributed by atoms with van der Waals surface area (Å²) in [5.41, 5.74) is 2.55. The van der Waals surface area contributed by atoms with E-state index in [1.165, 1.54) is 35.5 Å². The fraction of sp³-hybridized carbons (Fsp3) is 0.458. The number of aliphatic imine (C=N–C) groups is 1. The first-order valence-electron chi connectivity index (χ1n) is 10.9. The Morgan fingerprint density at radius 2 is 1.90 bits per heavy atom. The van der Waals surface area contributed by atoms with Crippen molar-refractivity contribution in [2.24, 2.45) is 10.9 Å². The highest BCUT2D eigenvalue weighted by atomic mass is 127. The highest BCUT2D eigenvalue weighted by Crippen LogP contribution is 2.36. The second kappa shape index (κ2) is 11.9. The molecule has 0 radical (unpaired) electrons. The predicted octanol–water partition coefficient (Wildman–Crippen LogP) is 4.49. The molecule has 2 aliphatic rings. The smallest absolute Gasteiger partial charge is 0.191 e. The zero-order chi connectivity index (χ0) is 20.8. The molecule has 2 unspecified atom stereocenters. The van der Waals surface area contributed by atoms with Gasteiger partial charge >= 0.3 is 0 Å². The molecule has 0 bridgehead atoms. The first kappa shape index (κ1) is 24.1. The van der Waals surface area contributed by atoms with Crippen molar-refractivity contribution in [3.8, 4) is 0 Å². The molecule has 31 heavy (non-hydrogen) atoms. The molecule has 2 atom stereocenters. The average Bonchev–Trinajstić information content (AvgIpc) is 3.49.